The molecule has 6 heteroatoms. The minimum atomic E-state index is 0.572. The number of anilines is 2. The number of aryl methyl sites for hydroxylation is 1. The largest absolute Gasteiger partial charge is 0.339 e. The van der Waals surface area contributed by atoms with Crippen LogP contribution in [0.3, 0.4) is 0 Å². The van der Waals surface area contributed by atoms with Gasteiger partial charge in [0.1, 0.15) is 5.82 Å². The fraction of sp³-hybridized carbons (Fsp3) is 0.0526. The standard InChI is InChI=1S/C19H14ClN5/c1-12-11-21-9-7-16(12)23-19-15-6-3-8-22-18(15)24-17(25-19)13-4-2-5-14(20)10-13/h2-11H,1H3,(H,21,22,23,24,25). The van der Waals surface area contributed by atoms with Crippen molar-refractivity contribution in [1.82, 2.24) is 19.9 Å². The van der Waals surface area contributed by atoms with Gasteiger partial charge in [-0.15, -0.1) is 0 Å². The van der Waals surface area contributed by atoms with Crippen LogP contribution in [0.2, 0.25) is 5.02 Å². The molecule has 0 spiro atoms. The molecule has 0 saturated heterocycles. The molecule has 1 N–H and O–H groups in total. The van der Waals surface area contributed by atoms with Gasteiger partial charge in [-0.1, -0.05) is 23.7 Å². The van der Waals surface area contributed by atoms with E-state index >= 15 is 0 Å². The zero-order valence-corrected chi connectivity index (χ0v) is 14.2. The van der Waals surface area contributed by atoms with Gasteiger partial charge in [0.05, 0.1) is 5.39 Å². The summed E-state index contributed by atoms with van der Waals surface area (Å²) in [4.78, 5) is 17.8. The van der Waals surface area contributed by atoms with E-state index in [-0.39, 0.29) is 0 Å². The lowest BCUT2D eigenvalue weighted by molar-refractivity contribution is 1.18. The molecule has 1 aromatic carbocycles. The Morgan fingerprint density at radius 3 is 2.76 bits per heavy atom. The number of pyridine rings is 2. The van der Waals surface area contributed by atoms with Crippen LogP contribution >= 0.6 is 11.6 Å². The SMILES string of the molecule is Cc1cnccc1Nc1nc(-c2cccc(Cl)c2)nc2ncccc12. The lowest BCUT2D eigenvalue weighted by atomic mass is 10.2. The summed E-state index contributed by atoms with van der Waals surface area (Å²) >= 11 is 6.11. The van der Waals surface area contributed by atoms with Crippen LogP contribution < -0.4 is 5.32 Å². The predicted molar refractivity (Wildman–Crippen MR) is 100 cm³/mol. The number of hydrogen-bond acceptors (Lipinski definition) is 5. The molecule has 25 heavy (non-hydrogen) atoms. The van der Waals surface area contributed by atoms with Gasteiger partial charge in [-0.3, -0.25) is 4.98 Å². The van der Waals surface area contributed by atoms with Crippen molar-refractivity contribution in [2.45, 2.75) is 6.92 Å². The first-order valence-corrected chi connectivity index (χ1v) is 8.15. The molecular weight excluding hydrogens is 334 g/mol. The second kappa shape index (κ2) is 6.45. The van der Waals surface area contributed by atoms with Gasteiger partial charge in [0.25, 0.3) is 0 Å². The molecule has 0 aliphatic rings. The number of aromatic nitrogens is 4. The summed E-state index contributed by atoms with van der Waals surface area (Å²) in [6.45, 7) is 1.99. The second-order valence-electron chi connectivity index (χ2n) is 5.60. The van der Waals surface area contributed by atoms with Gasteiger partial charge in [0, 0.05) is 34.9 Å². The van der Waals surface area contributed by atoms with Gasteiger partial charge in [-0.25, -0.2) is 15.0 Å². The van der Waals surface area contributed by atoms with Crippen LogP contribution in [0.25, 0.3) is 22.4 Å². The molecule has 0 aliphatic carbocycles. The molecule has 5 nitrogen and oxygen atoms in total. The number of hydrogen-bond donors (Lipinski definition) is 1. The fourth-order valence-corrected chi connectivity index (χ4v) is 2.75. The van der Waals surface area contributed by atoms with Crippen molar-refractivity contribution in [2.24, 2.45) is 0 Å². The molecule has 4 rings (SSSR count). The van der Waals surface area contributed by atoms with Crippen molar-refractivity contribution < 1.29 is 0 Å². The van der Waals surface area contributed by atoms with E-state index in [1.807, 2.05) is 55.6 Å². The van der Waals surface area contributed by atoms with E-state index in [0.717, 1.165) is 22.2 Å². The highest BCUT2D eigenvalue weighted by Crippen LogP contribution is 2.28. The summed E-state index contributed by atoms with van der Waals surface area (Å²) in [6.07, 6.45) is 5.27. The quantitative estimate of drug-likeness (QED) is 0.577. The number of halogens is 1. The topological polar surface area (TPSA) is 63.6 Å². The smallest absolute Gasteiger partial charge is 0.165 e. The van der Waals surface area contributed by atoms with Gasteiger partial charge in [0.2, 0.25) is 0 Å². The van der Waals surface area contributed by atoms with Gasteiger partial charge < -0.3 is 5.32 Å². The van der Waals surface area contributed by atoms with Crippen molar-refractivity contribution in [3.05, 3.63) is 71.6 Å². The number of nitrogens with one attached hydrogen (secondary N) is 1. The lowest BCUT2D eigenvalue weighted by Crippen LogP contribution is -2.01. The third-order valence-corrected chi connectivity index (χ3v) is 4.06. The minimum Gasteiger partial charge on any atom is -0.339 e. The van der Waals surface area contributed by atoms with Crippen molar-refractivity contribution >= 4 is 34.1 Å². The lowest BCUT2D eigenvalue weighted by Gasteiger charge is -2.12. The van der Waals surface area contributed by atoms with Crippen molar-refractivity contribution in [3.8, 4) is 11.4 Å². The molecule has 3 aromatic heterocycles. The Hall–Kier alpha value is -3.05. The first kappa shape index (κ1) is 15.5. The first-order valence-electron chi connectivity index (χ1n) is 7.77. The average Bonchev–Trinajstić information content (AvgIpc) is 2.63. The van der Waals surface area contributed by atoms with Crippen LogP contribution in [-0.2, 0) is 0 Å². The van der Waals surface area contributed by atoms with Crippen LogP contribution in [0.1, 0.15) is 5.56 Å². The van der Waals surface area contributed by atoms with E-state index in [9.17, 15) is 0 Å². The summed E-state index contributed by atoms with van der Waals surface area (Å²) in [5.41, 5.74) is 3.44. The van der Waals surface area contributed by atoms with Gasteiger partial charge in [0.15, 0.2) is 11.5 Å². The Bertz CT molecular complexity index is 1060. The molecule has 4 aromatic rings. The van der Waals surface area contributed by atoms with Gasteiger partial charge >= 0.3 is 0 Å². The summed E-state index contributed by atoms with van der Waals surface area (Å²) in [5, 5.41) is 4.87. The Kier molecular flexibility index (Phi) is 3.99. The van der Waals surface area contributed by atoms with Gasteiger partial charge in [-0.05, 0) is 42.8 Å². The highest BCUT2D eigenvalue weighted by molar-refractivity contribution is 6.30. The number of rotatable bonds is 3. The van der Waals surface area contributed by atoms with E-state index in [2.05, 4.69) is 20.3 Å². The van der Waals surface area contributed by atoms with Crippen LogP contribution in [-0.4, -0.2) is 19.9 Å². The molecule has 0 aliphatic heterocycles. The molecule has 0 saturated carbocycles. The third-order valence-electron chi connectivity index (χ3n) is 3.83. The van der Waals surface area contributed by atoms with E-state index < -0.39 is 0 Å². The molecular formula is C19H14ClN5. The average molecular weight is 348 g/mol. The highest BCUT2D eigenvalue weighted by Gasteiger charge is 2.11. The zero-order chi connectivity index (χ0) is 17.2. The Balaban J connectivity index is 1.89. The molecule has 0 bridgehead atoms. The molecule has 0 unspecified atom stereocenters. The highest BCUT2D eigenvalue weighted by atomic mass is 35.5. The van der Waals surface area contributed by atoms with E-state index in [4.69, 9.17) is 16.6 Å². The minimum absolute atomic E-state index is 0.572. The van der Waals surface area contributed by atoms with Crippen molar-refractivity contribution in [3.63, 3.8) is 0 Å². The van der Waals surface area contributed by atoms with E-state index in [0.29, 0.717) is 22.3 Å². The normalized spacial score (nSPS) is 10.8. The van der Waals surface area contributed by atoms with E-state index in [1.54, 1.807) is 12.4 Å². The molecule has 0 radical (unpaired) electrons. The summed E-state index contributed by atoms with van der Waals surface area (Å²) in [5.74, 6) is 1.27. The predicted octanol–water partition coefficient (Wildman–Crippen LogP) is 4.79. The molecule has 3 heterocycles. The van der Waals surface area contributed by atoms with Crippen LogP contribution in [0.4, 0.5) is 11.5 Å². The Morgan fingerprint density at radius 1 is 1.00 bits per heavy atom. The molecule has 0 atom stereocenters. The zero-order valence-electron chi connectivity index (χ0n) is 13.4. The maximum atomic E-state index is 6.11. The van der Waals surface area contributed by atoms with Gasteiger partial charge in [-0.2, -0.15) is 0 Å². The maximum Gasteiger partial charge on any atom is 0.165 e. The molecule has 0 amide bonds. The summed E-state index contributed by atoms with van der Waals surface area (Å²) in [6, 6.07) is 13.2. The summed E-state index contributed by atoms with van der Waals surface area (Å²) in [7, 11) is 0. The van der Waals surface area contributed by atoms with Crippen molar-refractivity contribution in [1.29, 1.82) is 0 Å². The summed E-state index contributed by atoms with van der Waals surface area (Å²) < 4.78 is 0. The van der Waals surface area contributed by atoms with Crippen molar-refractivity contribution in [2.75, 3.05) is 5.32 Å². The first-order chi connectivity index (χ1) is 12.2. The monoisotopic (exact) mass is 347 g/mol. The van der Waals surface area contributed by atoms with Crippen LogP contribution in [0.15, 0.2) is 61.1 Å². The van der Waals surface area contributed by atoms with Crippen LogP contribution in [0.5, 0.6) is 0 Å². The Labute approximate surface area is 149 Å². The Morgan fingerprint density at radius 2 is 1.92 bits per heavy atom. The number of fused-ring (bicyclic) bond motifs is 1. The second-order valence-corrected chi connectivity index (χ2v) is 6.03. The van der Waals surface area contributed by atoms with Crippen LogP contribution in [0, 0.1) is 6.92 Å². The van der Waals surface area contributed by atoms with E-state index in [1.165, 1.54) is 0 Å². The number of nitrogens with zero attached hydrogens (tertiary/aromatic N) is 4. The molecule has 122 valence electrons. The fourth-order valence-electron chi connectivity index (χ4n) is 2.56. The third kappa shape index (κ3) is 3.14. The maximum absolute atomic E-state index is 6.11. The molecule has 0 fully saturated rings. The number of benzene rings is 1.